The van der Waals surface area contributed by atoms with Crippen LogP contribution in [0.25, 0.3) is 0 Å². The van der Waals surface area contributed by atoms with Gasteiger partial charge in [-0.05, 0) is 37.8 Å². The van der Waals surface area contributed by atoms with Crippen molar-refractivity contribution >= 4 is 17.7 Å². The highest BCUT2D eigenvalue weighted by atomic mass is 32.2. The SMILES string of the molecule is CC(N)C1CCCN(C(=O)c2cccnc2SC(F)(F)F)C1. The van der Waals surface area contributed by atoms with Crippen LogP contribution in [0.3, 0.4) is 0 Å². The Bertz CT molecular complexity index is 536. The molecule has 1 fully saturated rings. The molecule has 2 rings (SSSR count). The zero-order valence-corrected chi connectivity index (χ0v) is 13.0. The third kappa shape index (κ3) is 4.36. The van der Waals surface area contributed by atoms with Gasteiger partial charge in [-0.25, -0.2) is 4.98 Å². The minimum absolute atomic E-state index is 0.00449. The van der Waals surface area contributed by atoms with Gasteiger partial charge in [-0.1, -0.05) is 0 Å². The molecular weight excluding hydrogens is 315 g/mol. The summed E-state index contributed by atoms with van der Waals surface area (Å²) in [5, 5.41) is -0.303. The number of thioether (sulfide) groups is 1. The summed E-state index contributed by atoms with van der Waals surface area (Å²) in [5.74, 6) is -0.238. The topological polar surface area (TPSA) is 59.2 Å². The van der Waals surface area contributed by atoms with Gasteiger partial charge in [0.1, 0.15) is 5.03 Å². The average Bonchev–Trinajstić information content (AvgIpc) is 2.45. The molecule has 0 bridgehead atoms. The lowest BCUT2D eigenvalue weighted by atomic mass is 9.92. The van der Waals surface area contributed by atoms with E-state index in [0.29, 0.717) is 13.1 Å². The van der Waals surface area contributed by atoms with E-state index in [9.17, 15) is 18.0 Å². The Hall–Kier alpha value is -1.28. The molecule has 1 saturated heterocycles. The third-order valence-corrected chi connectivity index (χ3v) is 4.45. The zero-order valence-electron chi connectivity index (χ0n) is 12.1. The van der Waals surface area contributed by atoms with E-state index in [-0.39, 0.29) is 34.3 Å². The fraction of sp³-hybridized carbons (Fsp3) is 0.571. The monoisotopic (exact) mass is 333 g/mol. The molecule has 0 aromatic carbocycles. The Morgan fingerprint density at radius 2 is 2.27 bits per heavy atom. The highest BCUT2D eigenvalue weighted by molar-refractivity contribution is 8.00. The first kappa shape index (κ1) is 17.1. The van der Waals surface area contributed by atoms with Crippen molar-refractivity contribution in [2.24, 2.45) is 11.7 Å². The Kier molecular flexibility index (Phi) is 5.33. The highest BCUT2D eigenvalue weighted by Crippen LogP contribution is 2.37. The van der Waals surface area contributed by atoms with Gasteiger partial charge in [0, 0.05) is 37.1 Å². The first-order valence-corrected chi connectivity index (χ1v) is 7.85. The summed E-state index contributed by atoms with van der Waals surface area (Å²) in [6.45, 7) is 2.89. The molecule has 1 aliphatic rings. The Balaban J connectivity index is 2.19. The van der Waals surface area contributed by atoms with Gasteiger partial charge in [-0.2, -0.15) is 13.2 Å². The Labute approximate surface area is 131 Å². The Morgan fingerprint density at radius 3 is 2.91 bits per heavy atom. The molecule has 1 aliphatic heterocycles. The summed E-state index contributed by atoms with van der Waals surface area (Å²) in [6, 6.07) is 2.81. The first-order valence-electron chi connectivity index (χ1n) is 7.03. The number of carbonyl (C=O) groups is 1. The molecule has 2 heterocycles. The van der Waals surface area contributed by atoms with Crippen molar-refractivity contribution in [2.45, 2.75) is 36.3 Å². The van der Waals surface area contributed by atoms with Gasteiger partial charge in [0.15, 0.2) is 0 Å². The maximum absolute atomic E-state index is 12.6. The lowest BCUT2D eigenvalue weighted by Gasteiger charge is -2.34. The van der Waals surface area contributed by atoms with E-state index < -0.39 is 11.4 Å². The van der Waals surface area contributed by atoms with Crippen molar-refractivity contribution in [3.63, 3.8) is 0 Å². The van der Waals surface area contributed by atoms with Crippen LogP contribution in [-0.4, -0.2) is 40.4 Å². The van der Waals surface area contributed by atoms with Crippen LogP contribution in [-0.2, 0) is 0 Å². The predicted molar refractivity (Wildman–Crippen MR) is 78.4 cm³/mol. The lowest BCUT2D eigenvalue weighted by Crippen LogP contribution is -2.45. The number of rotatable bonds is 3. The van der Waals surface area contributed by atoms with E-state index in [0.717, 1.165) is 12.8 Å². The number of aromatic nitrogens is 1. The minimum atomic E-state index is -4.47. The fourth-order valence-corrected chi connectivity index (χ4v) is 3.14. The maximum Gasteiger partial charge on any atom is 0.447 e. The predicted octanol–water partition coefficient (Wildman–Crippen LogP) is 2.89. The number of amides is 1. The molecule has 0 spiro atoms. The van der Waals surface area contributed by atoms with Gasteiger partial charge in [-0.3, -0.25) is 4.79 Å². The summed E-state index contributed by atoms with van der Waals surface area (Å²) in [6.07, 6.45) is 2.99. The third-order valence-electron chi connectivity index (χ3n) is 3.70. The molecule has 0 radical (unpaired) electrons. The molecule has 1 aromatic rings. The second kappa shape index (κ2) is 6.87. The number of likely N-dealkylation sites (tertiary alicyclic amines) is 1. The van der Waals surface area contributed by atoms with Gasteiger partial charge < -0.3 is 10.6 Å². The number of halogens is 3. The summed E-state index contributed by atoms with van der Waals surface area (Å²) < 4.78 is 37.7. The van der Waals surface area contributed by atoms with Crippen molar-refractivity contribution in [2.75, 3.05) is 13.1 Å². The van der Waals surface area contributed by atoms with Crippen LogP contribution in [0.2, 0.25) is 0 Å². The molecule has 4 nitrogen and oxygen atoms in total. The van der Waals surface area contributed by atoms with Crippen molar-refractivity contribution < 1.29 is 18.0 Å². The van der Waals surface area contributed by atoms with Crippen LogP contribution >= 0.6 is 11.8 Å². The largest absolute Gasteiger partial charge is 0.447 e. The number of alkyl halides is 3. The molecule has 122 valence electrons. The second-order valence-corrected chi connectivity index (χ2v) is 6.47. The molecule has 0 aliphatic carbocycles. The number of hydrogen-bond donors (Lipinski definition) is 1. The van der Waals surface area contributed by atoms with Crippen molar-refractivity contribution in [1.29, 1.82) is 0 Å². The Morgan fingerprint density at radius 1 is 1.55 bits per heavy atom. The second-order valence-electron chi connectivity index (χ2n) is 5.42. The van der Waals surface area contributed by atoms with Crippen LogP contribution in [0.5, 0.6) is 0 Å². The van der Waals surface area contributed by atoms with Gasteiger partial charge in [0.05, 0.1) is 5.56 Å². The lowest BCUT2D eigenvalue weighted by molar-refractivity contribution is -0.0329. The summed E-state index contributed by atoms with van der Waals surface area (Å²) in [7, 11) is 0. The standard InChI is InChI=1S/C14H18F3N3OS/c1-9(18)10-4-3-7-20(8-10)13(21)11-5-2-6-19-12(11)22-14(15,16)17/h2,5-6,9-10H,3-4,7-8,18H2,1H3. The van der Waals surface area contributed by atoms with Crippen molar-refractivity contribution in [3.8, 4) is 0 Å². The molecule has 1 aromatic heterocycles. The van der Waals surface area contributed by atoms with Crippen molar-refractivity contribution in [3.05, 3.63) is 23.9 Å². The van der Waals surface area contributed by atoms with E-state index in [2.05, 4.69) is 4.98 Å². The van der Waals surface area contributed by atoms with Crippen LogP contribution in [0.15, 0.2) is 23.4 Å². The van der Waals surface area contributed by atoms with Gasteiger partial charge in [0.25, 0.3) is 5.91 Å². The number of piperidine rings is 1. The smallest absolute Gasteiger partial charge is 0.338 e. The average molecular weight is 333 g/mol. The van der Waals surface area contributed by atoms with Crippen LogP contribution in [0.4, 0.5) is 13.2 Å². The van der Waals surface area contributed by atoms with E-state index in [4.69, 9.17) is 5.73 Å². The van der Waals surface area contributed by atoms with Gasteiger partial charge in [0.2, 0.25) is 0 Å². The van der Waals surface area contributed by atoms with Crippen LogP contribution in [0.1, 0.15) is 30.1 Å². The van der Waals surface area contributed by atoms with Crippen molar-refractivity contribution in [1.82, 2.24) is 9.88 Å². The number of nitrogens with zero attached hydrogens (tertiary/aromatic N) is 2. The molecule has 8 heteroatoms. The molecule has 2 unspecified atom stereocenters. The maximum atomic E-state index is 12.6. The quantitative estimate of drug-likeness (QED) is 0.864. The molecule has 2 N–H and O–H groups in total. The minimum Gasteiger partial charge on any atom is -0.338 e. The summed E-state index contributed by atoms with van der Waals surface area (Å²) in [4.78, 5) is 17.8. The van der Waals surface area contributed by atoms with E-state index >= 15 is 0 Å². The molecule has 22 heavy (non-hydrogen) atoms. The van der Waals surface area contributed by atoms with Gasteiger partial charge in [-0.15, -0.1) is 0 Å². The molecular formula is C14H18F3N3OS. The highest BCUT2D eigenvalue weighted by Gasteiger charge is 2.34. The van der Waals surface area contributed by atoms with Crippen LogP contribution < -0.4 is 5.73 Å². The summed E-state index contributed by atoms with van der Waals surface area (Å²) in [5.41, 5.74) is 1.40. The number of pyridine rings is 1. The first-order chi connectivity index (χ1) is 10.3. The number of nitrogens with two attached hydrogens (primary N) is 1. The fourth-order valence-electron chi connectivity index (χ4n) is 2.54. The van der Waals surface area contributed by atoms with Gasteiger partial charge >= 0.3 is 5.51 Å². The number of carbonyl (C=O) groups excluding carboxylic acids is 1. The number of hydrogen-bond acceptors (Lipinski definition) is 4. The van der Waals surface area contributed by atoms with Crippen LogP contribution in [0, 0.1) is 5.92 Å². The van der Waals surface area contributed by atoms with E-state index in [1.54, 1.807) is 4.90 Å². The van der Waals surface area contributed by atoms with E-state index in [1.807, 2.05) is 6.92 Å². The summed E-state index contributed by atoms with van der Waals surface area (Å²) >= 11 is -0.357. The normalized spacial score (nSPS) is 20.8. The molecule has 2 atom stereocenters. The van der Waals surface area contributed by atoms with E-state index in [1.165, 1.54) is 18.3 Å². The zero-order chi connectivity index (χ0) is 16.3. The molecule has 0 saturated carbocycles. The molecule has 1 amide bonds.